The Kier molecular flexibility index (Phi) is 6.89. The summed E-state index contributed by atoms with van der Waals surface area (Å²) in [5, 5.41) is 5.06. The summed E-state index contributed by atoms with van der Waals surface area (Å²) in [4.78, 5) is 37.1. The Balaban J connectivity index is 1.66. The number of esters is 1. The molecule has 152 valence electrons. The maximum absolute atomic E-state index is 13.1. The summed E-state index contributed by atoms with van der Waals surface area (Å²) >= 11 is 0. The molecule has 0 aliphatic rings. The minimum atomic E-state index is -1.24. The van der Waals surface area contributed by atoms with E-state index in [1.165, 1.54) is 24.3 Å². The highest BCUT2D eigenvalue weighted by Gasteiger charge is 2.25. The van der Waals surface area contributed by atoms with Crippen molar-refractivity contribution in [2.24, 2.45) is 0 Å². The molecule has 2 N–H and O–H groups in total. The standard InChI is InChI=1S/C23H19FN2O4/c24-18-11-13-19(14-12-18)26-23(29)21(16-7-3-1-4-8-16)30-20(27)15-25-22(28)17-9-5-2-6-10-17/h1-14,21H,15H2,(H,25,28)(H,26,29)/t21-/m0/s1. The van der Waals surface area contributed by atoms with E-state index in [2.05, 4.69) is 10.6 Å². The molecule has 0 radical (unpaired) electrons. The quantitative estimate of drug-likeness (QED) is 0.589. The van der Waals surface area contributed by atoms with Crippen LogP contribution in [-0.2, 0) is 14.3 Å². The zero-order valence-electron chi connectivity index (χ0n) is 15.9. The van der Waals surface area contributed by atoms with E-state index in [-0.39, 0.29) is 0 Å². The number of halogens is 1. The lowest BCUT2D eigenvalue weighted by atomic mass is 10.1. The number of anilines is 1. The molecule has 2 amide bonds. The van der Waals surface area contributed by atoms with Gasteiger partial charge in [0.05, 0.1) is 0 Å². The van der Waals surface area contributed by atoms with Crippen molar-refractivity contribution in [1.29, 1.82) is 0 Å². The smallest absolute Gasteiger partial charge is 0.326 e. The SMILES string of the molecule is O=C(CNC(=O)c1ccccc1)O[C@H](C(=O)Nc1ccc(F)cc1)c1ccccc1. The lowest BCUT2D eigenvalue weighted by molar-refractivity contribution is -0.153. The van der Waals surface area contributed by atoms with Gasteiger partial charge in [-0.05, 0) is 36.4 Å². The zero-order chi connectivity index (χ0) is 21.3. The summed E-state index contributed by atoms with van der Waals surface area (Å²) < 4.78 is 18.4. The molecule has 1 atom stereocenters. The van der Waals surface area contributed by atoms with Gasteiger partial charge in [-0.25, -0.2) is 4.39 Å². The Morgan fingerprint density at radius 2 is 1.43 bits per heavy atom. The molecule has 0 fully saturated rings. The maximum Gasteiger partial charge on any atom is 0.326 e. The molecule has 7 heteroatoms. The predicted octanol–water partition coefficient (Wildman–Crippen LogP) is 3.48. The highest BCUT2D eigenvalue weighted by atomic mass is 19.1. The van der Waals surface area contributed by atoms with Crippen molar-refractivity contribution in [3.63, 3.8) is 0 Å². The molecule has 0 aliphatic heterocycles. The first-order chi connectivity index (χ1) is 14.5. The van der Waals surface area contributed by atoms with Crippen LogP contribution < -0.4 is 10.6 Å². The second-order valence-corrected chi connectivity index (χ2v) is 6.33. The first kappa shape index (κ1) is 20.7. The van der Waals surface area contributed by atoms with E-state index in [9.17, 15) is 18.8 Å². The lowest BCUT2D eigenvalue weighted by Gasteiger charge is -2.18. The molecule has 3 aromatic rings. The number of nitrogens with one attached hydrogen (secondary N) is 2. The summed E-state index contributed by atoms with van der Waals surface area (Å²) in [5.41, 5.74) is 1.22. The van der Waals surface area contributed by atoms with E-state index in [1.807, 2.05) is 0 Å². The van der Waals surface area contributed by atoms with E-state index in [4.69, 9.17) is 4.74 Å². The van der Waals surface area contributed by atoms with Gasteiger partial charge in [0.1, 0.15) is 12.4 Å². The van der Waals surface area contributed by atoms with Crippen molar-refractivity contribution in [2.75, 3.05) is 11.9 Å². The molecule has 0 aliphatic carbocycles. The van der Waals surface area contributed by atoms with Gasteiger partial charge in [-0.2, -0.15) is 0 Å². The minimum absolute atomic E-state index is 0.357. The van der Waals surface area contributed by atoms with E-state index in [0.29, 0.717) is 16.8 Å². The number of rotatable bonds is 7. The predicted molar refractivity (Wildman–Crippen MR) is 109 cm³/mol. The summed E-state index contributed by atoms with van der Waals surface area (Å²) in [5.74, 6) is -2.24. The molecule has 0 saturated heterocycles. The van der Waals surface area contributed by atoms with Crippen LogP contribution in [0.4, 0.5) is 10.1 Å². The molecule has 6 nitrogen and oxygen atoms in total. The van der Waals surface area contributed by atoms with Crippen LogP contribution in [0, 0.1) is 5.82 Å². The number of hydrogen-bond acceptors (Lipinski definition) is 4. The van der Waals surface area contributed by atoms with E-state index in [1.54, 1.807) is 60.7 Å². The second kappa shape index (κ2) is 9.97. The Bertz CT molecular complexity index is 1010. The third-order valence-corrected chi connectivity index (χ3v) is 4.13. The fraction of sp³-hybridized carbons (Fsp3) is 0.0870. The van der Waals surface area contributed by atoms with Crippen LogP contribution in [0.15, 0.2) is 84.9 Å². The van der Waals surface area contributed by atoms with Crippen molar-refractivity contribution >= 4 is 23.5 Å². The van der Waals surface area contributed by atoms with E-state index < -0.39 is 36.2 Å². The largest absolute Gasteiger partial charge is 0.446 e. The molecule has 0 unspecified atom stereocenters. The molecule has 0 heterocycles. The third kappa shape index (κ3) is 5.75. The van der Waals surface area contributed by atoms with Gasteiger partial charge in [-0.15, -0.1) is 0 Å². The van der Waals surface area contributed by atoms with Crippen molar-refractivity contribution in [3.8, 4) is 0 Å². The summed E-state index contributed by atoms with van der Waals surface area (Å²) in [6.07, 6.45) is -1.24. The molecule has 0 aromatic heterocycles. The molecular weight excluding hydrogens is 387 g/mol. The third-order valence-electron chi connectivity index (χ3n) is 4.13. The lowest BCUT2D eigenvalue weighted by Crippen LogP contribution is -2.33. The van der Waals surface area contributed by atoms with Crippen LogP contribution in [0.2, 0.25) is 0 Å². The Morgan fingerprint density at radius 1 is 0.833 bits per heavy atom. The van der Waals surface area contributed by atoms with Gasteiger partial charge in [-0.1, -0.05) is 48.5 Å². The molecule has 0 spiro atoms. The molecule has 3 aromatic carbocycles. The fourth-order valence-corrected chi connectivity index (χ4v) is 2.66. The average Bonchev–Trinajstić information content (AvgIpc) is 2.78. The van der Waals surface area contributed by atoms with Gasteiger partial charge in [0.25, 0.3) is 11.8 Å². The van der Waals surface area contributed by atoms with Gasteiger partial charge >= 0.3 is 5.97 Å². The van der Waals surface area contributed by atoms with Crippen LogP contribution in [0.1, 0.15) is 22.0 Å². The zero-order valence-corrected chi connectivity index (χ0v) is 15.9. The first-order valence-corrected chi connectivity index (χ1v) is 9.17. The fourth-order valence-electron chi connectivity index (χ4n) is 2.66. The van der Waals surface area contributed by atoms with Gasteiger partial charge in [0, 0.05) is 16.8 Å². The van der Waals surface area contributed by atoms with Crippen molar-refractivity contribution in [1.82, 2.24) is 5.32 Å². The number of hydrogen-bond donors (Lipinski definition) is 2. The van der Waals surface area contributed by atoms with Crippen molar-refractivity contribution in [3.05, 3.63) is 102 Å². The number of ether oxygens (including phenoxy) is 1. The first-order valence-electron chi connectivity index (χ1n) is 9.17. The number of benzene rings is 3. The summed E-state index contributed by atoms with van der Waals surface area (Å²) in [6, 6.07) is 22.1. The van der Waals surface area contributed by atoms with E-state index in [0.717, 1.165) is 0 Å². The van der Waals surface area contributed by atoms with Crippen LogP contribution in [0.3, 0.4) is 0 Å². The van der Waals surface area contributed by atoms with Gasteiger partial charge < -0.3 is 15.4 Å². The van der Waals surface area contributed by atoms with Crippen molar-refractivity contribution < 1.29 is 23.5 Å². The Morgan fingerprint density at radius 3 is 2.07 bits per heavy atom. The molecule has 0 bridgehead atoms. The number of carbonyl (C=O) groups is 3. The highest BCUT2D eigenvalue weighted by molar-refractivity contribution is 5.97. The topological polar surface area (TPSA) is 84.5 Å². The highest BCUT2D eigenvalue weighted by Crippen LogP contribution is 2.20. The van der Waals surface area contributed by atoms with Crippen molar-refractivity contribution in [2.45, 2.75) is 6.10 Å². The molecule has 30 heavy (non-hydrogen) atoms. The van der Waals surface area contributed by atoms with Crippen LogP contribution in [0.25, 0.3) is 0 Å². The molecular formula is C23H19FN2O4. The van der Waals surface area contributed by atoms with Gasteiger partial charge in [-0.3, -0.25) is 14.4 Å². The van der Waals surface area contributed by atoms with Crippen LogP contribution >= 0.6 is 0 Å². The Labute approximate surface area is 172 Å². The van der Waals surface area contributed by atoms with Gasteiger partial charge in [0.2, 0.25) is 6.10 Å². The van der Waals surface area contributed by atoms with Crippen LogP contribution in [0.5, 0.6) is 0 Å². The maximum atomic E-state index is 13.1. The molecule has 3 rings (SSSR count). The minimum Gasteiger partial charge on any atom is -0.446 e. The second-order valence-electron chi connectivity index (χ2n) is 6.33. The van der Waals surface area contributed by atoms with Gasteiger partial charge in [0.15, 0.2) is 0 Å². The van der Waals surface area contributed by atoms with E-state index >= 15 is 0 Å². The number of carbonyl (C=O) groups excluding carboxylic acids is 3. The summed E-state index contributed by atoms with van der Waals surface area (Å²) in [6.45, 7) is -0.402. The van der Waals surface area contributed by atoms with Crippen LogP contribution in [-0.4, -0.2) is 24.3 Å². The normalized spacial score (nSPS) is 11.2. The Hall–Kier alpha value is -4.00. The summed E-state index contributed by atoms with van der Waals surface area (Å²) in [7, 11) is 0. The molecule has 0 saturated carbocycles. The number of amides is 2. The average molecular weight is 406 g/mol. The monoisotopic (exact) mass is 406 g/mol.